The number of hydrogen-bond acceptors (Lipinski definition) is 14. The minimum Gasteiger partial charge on any atom is -1.00 e. The minimum atomic E-state index is -4.85. The van der Waals surface area contributed by atoms with Gasteiger partial charge in [-0.1, -0.05) is 121 Å². The van der Waals surface area contributed by atoms with Gasteiger partial charge >= 0.3 is 59.1 Å². The van der Waals surface area contributed by atoms with Crippen molar-refractivity contribution >= 4 is 123 Å². The molecule has 0 radical (unpaired) electrons. The second-order valence-electron chi connectivity index (χ2n) is 16.3. The van der Waals surface area contributed by atoms with Crippen molar-refractivity contribution in [1.82, 2.24) is 19.9 Å². The molecule has 0 atom stereocenters. The van der Waals surface area contributed by atoms with E-state index in [1.165, 1.54) is 36.4 Å². The third-order valence-corrected chi connectivity index (χ3v) is 12.9. The van der Waals surface area contributed by atoms with Crippen molar-refractivity contribution in [3.8, 4) is 0 Å². The van der Waals surface area contributed by atoms with E-state index in [1.807, 2.05) is 146 Å². The molecular weight excluding hydrogens is 995 g/mol. The van der Waals surface area contributed by atoms with Crippen molar-refractivity contribution in [3.63, 3.8) is 0 Å². The van der Waals surface area contributed by atoms with E-state index in [1.54, 1.807) is 24.3 Å². The maximum Gasteiger partial charge on any atom is 1.00 e. The number of nitrogens with zero attached hydrogens (tertiary/aromatic N) is 4. The SMILES string of the molecule is O=S(=O)(O)c1cc(Nc2cc(Nc3ccccc3)nc(Nc3ccc4ccccc4c3)n2)ccc1/C=C/c1ccc(Nc2cc(Nc3ccccc3)nc(Nc3ccc4ccccc4c3)n2)cc1S(=O)(=O)O.[H-].[H-].[Na+].[Na+]. The molecule has 0 saturated heterocycles. The van der Waals surface area contributed by atoms with Gasteiger partial charge in [-0.2, -0.15) is 36.8 Å². The van der Waals surface area contributed by atoms with Crippen LogP contribution in [0.3, 0.4) is 0 Å². The van der Waals surface area contributed by atoms with E-state index in [2.05, 4.69) is 51.8 Å². The number of benzene rings is 8. The van der Waals surface area contributed by atoms with Gasteiger partial charge in [0.05, 0.1) is 0 Å². The number of nitrogens with one attached hydrogen (secondary N) is 6. The number of fused-ring (bicyclic) bond motifs is 2. The van der Waals surface area contributed by atoms with Crippen LogP contribution in [0, 0.1) is 0 Å². The number of aromatic nitrogens is 4. The Morgan fingerprint density at radius 2 is 0.649 bits per heavy atom. The van der Waals surface area contributed by atoms with E-state index >= 15 is 0 Å². The Kier molecular flexibility index (Phi) is 16.7. The molecule has 0 aliphatic heterocycles. The molecule has 10 rings (SSSR count). The Balaban J connectivity index is 0.00000234. The molecule has 0 amide bonds. The summed E-state index contributed by atoms with van der Waals surface area (Å²) in [6.07, 6.45) is 2.64. The van der Waals surface area contributed by atoms with Gasteiger partial charge in [0.15, 0.2) is 0 Å². The summed E-state index contributed by atoms with van der Waals surface area (Å²) in [4.78, 5) is 17.7. The first kappa shape index (κ1) is 53.1. The molecule has 74 heavy (non-hydrogen) atoms. The van der Waals surface area contributed by atoms with Gasteiger partial charge in [-0.25, -0.2) is 0 Å². The Bertz CT molecular complexity index is 3680. The average Bonchev–Trinajstić information content (AvgIpc) is 3.36. The van der Waals surface area contributed by atoms with Crippen molar-refractivity contribution in [1.29, 1.82) is 0 Å². The molecule has 2 heterocycles. The van der Waals surface area contributed by atoms with E-state index in [0.29, 0.717) is 11.6 Å². The Morgan fingerprint density at radius 3 is 1.01 bits per heavy atom. The first-order chi connectivity index (χ1) is 34.8. The van der Waals surface area contributed by atoms with E-state index < -0.39 is 30.0 Å². The van der Waals surface area contributed by atoms with Crippen LogP contribution in [0.15, 0.2) is 204 Å². The standard InChI is InChI=1S/C54H42N10O6S2.2Na.2H/c65-71(66,67)47-31-45(57-51-33-49(55-41-15-3-1-4-16-41)61-53(63-51)59-43-25-21-35-11-7-9-13-39(35)29-43)27-23-37(47)19-20-38-24-28-46(32-48(38)72(68,69)70)58-52-34-50(56-42-17-5-2-6-18-42)62-54(64-52)60-44-26-22-36-12-8-10-14-40(36)30-44;;;;/h1-34H,(H,65,66,67)(H,68,69,70)(H3,55,57,59,61,63)(H3,56,58,60,62,64);;;;/q;2*+1;2*-1/b20-19+;;;;. The minimum absolute atomic E-state index is 0. The fraction of sp³-hybridized carbons (Fsp3) is 0. The zero-order valence-electron chi connectivity index (χ0n) is 41.8. The van der Waals surface area contributed by atoms with Crippen molar-refractivity contribution < 1.29 is 87.9 Å². The first-order valence-electron chi connectivity index (χ1n) is 22.2. The van der Waals surface area contributed by atoms with Crippen LogP contribution in [0.4, 0.5) is 69.3 Å². The summed E-state index contributed by atoms with van der Waals surface area (Å²) in [5.74, 6) is 1.89. The Labute approximate surface area is 473 Å². The maximum atomic E-state index is 12.9. The van der Waals surface area contributed by atoms with E-state index in [0.717, 1.165) is 44.3 Å². The zero-order valence-corrected chi connectivity index (χ0v) is 45.4. The summed E-state index contributed by atoms with van der Waals surface area (Å²) in [6, 6.07) is 58.1. The summed E-state index contributed by atoms with van der Waals surface area (Å²) in [5, 5.41) is 23.5. The Hall–Kier alpha value is -7.20. The molecule has 0 spiro atoms. The summed E-state index contributed by atoms with van der Waals surface area (Å²) in [6.45, 7) is 0. The largest absolute Gasteiger partial charge is 1.00 e. The smallest absolute Gasteiger partial charge is 1.00 e. The predicted octanol–water partition coefficient (Wildman–Crippen LogP) is 6.93. The monoisotopic (exact) mass is 1040 g/mol. The number of hydrogen-bond donors (Lipinski definition) is 8. The first-order valence-corrected chi connectivity index (χ1v) is 25.1. The van der Waals surface area contributed by atoms with Crippen LogP contribution >= 0.6 is 0 Å². The van der Waals surface area contributed by atoms with Gasteiger partial charge < -0.3 is 34.8 Å². The average molecular weight is 1040 g/mol. The number of para-hydroxylation sites is 2. The topological polar surface area (TPSA) is 232 Å². The van der Waals surface area contributed by atoms with Crippen molar-refractivity contribution in [2.45, 2.75) is 9.79 Å². The van der Waals surface area contributed by atoms with Crippen LogP contribution in [0.5, 0.6) is 0 Å². The summed E-state index contributed by atoms with van der Waals surface area (Å²) < 4.78 is 72.6. The van der Waals surface area contributed by atoms with Crippen molar-refractivity contribution in [2.75, 3.05) is 31.9 Å². The second kappa shape index (κ2) is 23.3. The van der Waals surface area contributed by atoms with Crippen LogP contribution in [0.25, 0.3) is 33.7 Å². The molecule has 0 saturated carbocycles. The van der Waals surface area contributed by atoms with Crippen molar-refractivity contribution in [3.05, 3.63) is 205 Å². The molecule has 10 aromatic rings. The molecular formula is C54H44N10Na2O6S2. The second-order valence-corrected chi connectivity index (χ2v) is 19.1. The molecule has 16 nitrogen and oxygen atoms in total. The third-order valence-electron chi connectivity index (χ3n) is 11.1. The van der Waals surface area contributed by atoms with Gasteiger partial charge in [0, 0.05) is 46.3 Å². The molecule has 360 valence electrons. The molecule has 0 aliphatic carbocycles. The molecule has 0 bridgehead atoms. The quantitative estimate of drug-likeness (QED) is 0.0279. The fourth-order valence-electron chi connectivity index (χ4n) is 7.82. The number of anilines is 12. The van der Waals surface area contributed by atoms with E-state index in [4.69, 9.17) is 0 Å². The maximum absolute atomic E-state index is 12.9. The van der Waals surface area contributed by atoms with E-state index in [9.17, 15) is 25.9 Å². The molecule has 8 aromatic carbocycles. The van der Waals surface area contributed by atoms with Gasteiger partial charge in [-0.3, -0.25) is 9.11 Å². The molecule has 2 aromatic heterocycles. The van der Waals surface area contributed by atoms with Gasteiger partial charge in [0.2, 0.25) is 11.9 Å². The van der Waals surface area contributed by atoms with Crippen LogP contribution in [-0.4, -0.2) is 45.9 Å². The Morgan fingerprint density at radius 1 is 0.338 bits per heavy atom. The molecule has 0 fully saturated rings. The van der Waals surface area contributed by atoms with Crippen LogP contribution in [-0.2, 0) is 20.2 Å². The molecule has 0 unspecified atom stereocenters. The van der Waals surface area contributed by atoms with Gasteiger partial charge in [0.1, 0.15) is 33.1 Å². The van der Waals surface area contributed by atoms with Gasteiger partial charge in [-0.15, -0.1) is 0 Å². The summed E-state index contributed by atoms with van der Waals surface area (Å²) in [7, 11) is -9.71. The van der Waals surface area contributed by atoms with Crippen LogP contribution in [0.1, 0.15) is 14.0 Å². The van der Waals surface area contributed by atoms with Crippen molar-refractivity contribution in [2.24, 2.45) is 0 Å². The third kappa shape index (κ3) is 13.5. The normalized spacial score (nSPS) is 11.3. The number of rotatable bonds is 16. The van der Waals surface area contributed by atoms with Gasteiger partial charge in [0.25, 0.3) is 20.2 Å². The zero-order chi connectivity index (χ0) is 49.7. The predicted molar refractivity (Wildman–Crippen MR) is 288 cm³/mol. The molecule has 8 N–H and O–H groups in total. The molecule has 20 heteroatoms. The summed E-state index contributed by atoms with van der Waals surface area (Å²) in [5.41, 5.74) is 3.54. The fourth-order valence-corrected chi connectivity index (χ4v) is 9.23. The summed E-state index contributed by atoms with van der Waals surface area (Å²) >= 11 is 0. The van der Waals surface area contributed by atoms with E-state index in [-0.39, 0.29) is 108 Å². The van der Waals surface area contributed by atoms with Gasteiger partial charge in [-0.05, 0) is 105 Å². The van der Waals surface area contributed by atoms with Crippen LogP contribution < -0.4 is 91.0 Å². The molecule has 0 aliphatic rings. The van der Waals surface area contributed by atoms with Crippen LogP contribution in [0.2, 0.25) is 0 Å².